The first-order valence-electron chi connectivity index (χ1n) is 7.00. The lowest BCUT2D eigenvalue weighted by Gasteiger charge is -2.26. The Hall–Kier alpha value is -2.39. The summed E-state index contributed by atoms with van der Waals surface area (Å²) in [6.07, 6.45) is 3.94. The van der Waals surface area contributed by atoms with Crippen molar-refractivity contribution in [2.75, 3.05) is 6.54 Å². The fourth-order valence-corrected chi connectivity index (χ4v) is 2.29. The van der Waals surface area contributed by atoms with Gasteiger partial charge in [-0.1, -0.05) is 60.2 Å². The van der Waals surface area contributed by atoms with Crippen molar-refractivity contribution in [2.45, 2.75) is 13.5 Å². The normalized spacial score (nSPS) is 14.5. The van der Waals surface area contributed by atoms with Crippen molar-refractivity contribution in [2.24, 2.45) is 0 Å². The zero-order valence-electron chi connectivity index (χ0n) is 12.0. The fraction of sp³-hybridized carbons (Fsp3) is 0.167. The largest absolute Gasteiger partial charge is 0.278 e. The Bertz CT molecular complexity index is 674. The van der Waals surface area contributed by atoms with Crippen LogP contribution in [0.5, 0.6) is 0 Å². The van der Waals surface area contributed by atoms with E-state index in [9.17, 15) is 4.79 Å². The number of nitrogens with zero attached hydrogens (tertiary/aromatic N) is 1. The lowest BCUT2D eigenvalue weighted by atomic mass is 10.1. The number of amides is 1. The summed E-state index contributed by atoms with van der Waals surface area (Å²) in [6.45, 7) is 2.95. The first-order chi connectivity index (χ1) is 10.2. The lowest BCUT2D eigenvalue weighted by Crippen LogP contribution is -2.35. The van der Waals surface area contributed by atoms with Gasteiger partial charge < -0.3 is 0 Å². The van der Waals surface area contributed by atoms with Crippen LogP contribution in [0, 0.1) is 6.92 Å². The molecule has 0 fully saturated rings. The first kappa shape index (κ1) is 13.6. The molecule has 0 saturated heterocycles. The summed E-state index contributed by atoms with van der Waals surface area (Å²) in [6, 6.07) is 15.8. The van der Waals surface area contributed by atoms with Gasteiger partial charge in [0.15, 0.2) is 0 Å². The molecule has 3 nitrogen and oxygen atoms in total. The number of fused-ring (bicyclic) bond motifs is 1. The zero-order valence-corrected chi connectivity index (χ0v) is 12.0. The van der Waals surface area contributed by atoms with Gasteiger partial charge in [-0.2, -0.15) is 0 Å². The highest BCUT2D eigenvalue weighted by Gasteiger charge is 2.23. The van der Waals surface area contributed by atoms with E-state index in [2.05, 4.69) is 31.2 Å². The molecule has 0 atom stereocenters. The Kier molecular flexibility index (Phi) is 3.84. The molecule has 1 amide bonds. The smallest absolute Gasteiger partial charge is 0.267 e. The van der Waals surface area contributed by atoms with E-state index in [4.69, 9.17) is 4.84 Å². The van der Waals surface area contributed by atoms with Crippen molar-refractivity contribution in [3.05, 3.63) is 76.9 Å². The van der Waals surface area contributed by atoms with Gasteiger partial charge in [-0.05, 0) is 24.1 Å². The van der Waals surface area contributed by atoms with Gasteiger partial charge in [0.1, 0.15) is 6.61 Å². The molecule has 1 aliphatic rings. The van der Waals surface area contributed by atoms with Crippen molar-refractivity contribution in [1.29, 1.82) is 0 Å². The van der Waals surface area contributed by atoms with Crippen LogP contribution < -0.4 is 0 Å². The summed E-state index contributed by atoms with van der Waals surface area (Å²) >= 11 is 0. The van der Waals surface area contributed by atoms with Crippen molar-refractivity contribution >= 4 is 12.0 Å². The average Bonchev–Trinajstić information content (AvgIpc) is 2.52. The highest BCUT2D eigenvalue weighted by molar-refractivity contribution is 5.95. The average molecular weight is 279 g/mol. The number of rotatable bonds is 3. The highest BCUT2D eigenvalue weighted by Crippen LogP contribution is 2.19. The highest BCUT2D eigenvalue weighted by atomic mass is 16.7. The zero-order chi connectivity index (χ0) is 14.7. The molecule has 0 unspecified atom stereocenters. The second-order valence-corrected chi connectivity index (χ2v) is 5.11. The van der Waals surface area contributed by atoms with Gasteiger partial charge in [-0.3, -0.25) is 9.63 Å². The van der Waals surface area contributed by atoms with Crippen LogP contribution in [0.25, 0.3) is 6.08 Å². The SMILES string of the molecule is Cc1ccc(/C=C/CN2OCc3ccccc3C2=O)cc1. The van der Waals surface area contributed by atoms with Crippen LogP contribution in [0.1, 0.15) is 27.0 Å². The molecule has 21 heavy (non-hydrogen) atoms. The molecule has 3 rings (SSSR count). The minimum Gasteiger partial charge on any atom is -0.267 e. The van der Waals surface area contributed by atoms with E-state index in [1.165, 1.54) is 10.6 Å². The van der Waals surface area contributed by atoms with Gasteiger partial charge in [0, 0.05) is 5.56 Å². The molecule has 2 aromatic rings. The predicted octanol–water partition coefficient (Wildman–Crippen LogP) is 3.60. The van der Waals surface area contributed by atoms with Crippen molar-refractivity contribution in [3.8, 4) is 0 Å². The Labute approximate surface area is 124 Å². The summed E-state index contributed by atoms with van der Waals surface area (Å²) in [5, 5.41) is 1.41. The summed E-state index contributed by atoms with van der Waals surface area (Å²) in [5.41, 5.74) is 4.03. The molecular weight excluding hydrogens is 262 g/mol. The lowest BCUT2D eigenvalue weighted by molar-refractivity contribution is -0.133. The number of hydrogen-bond donors (Lipinski definition) is 0. The Morgan fingerprint density at radius 2 is 1.90 bits per heavy atom. The molecule has 0 radical (unpaired) electrons. The molecule has 0 spiro atoms. The quantitative estimate of drug-likeness (QED) is 0.859. The summed E-state index contributed by atoms with van der Waals surface area (Å²) in [5.74, 6) is -0.0783. The third-order valence-corrected chi connectivity index (χ3v) is 3.51. The molecule has 0 aliphatic carbocycles. The van der Waals surface area contributed by atoms with Crippen LogP contribution in [0.3, 0.4) is 0 Å². The minimum absolute atomic E-state index is 0.0783. The maximum atomic E-state index is 12.3. The second-order valence-electron chi connectivity index (χ2n) is 5.11. The van der Waals surface area contributed by atoms with E-state index in [0.717, 1.165) is 16.7 Å². The summed E-state index contributed by atoms with van der Waals surface area (Å²) in [4.78, 5) is 17.8. The summed E-state index contributed by atoms with van der Waals surface area (Å²) in [7, 11) is 0. The number of carbonyl (C=O) groups is 1. The maximum absolute atomic E-state index is 12.3. The van der Waals surface area contributed by atoms with Crippen LogP contribution in [-0.2, 0) is 11.4 Å². The van der Waals surface area contributed by atoms with Crippen molar-refractivity contribution in [3.63, 3.8) is 0 Å². The van der Waals surface area contributed by atoms with Crippen LogP contribution >= 0.6 is 0 Å². The molecule has 0 N–H and O–H groups in total. The molecule has 0 bridgehead atoms. The van der Waals surface area contributed by atoms with Crippen LogP contribution in [0.15, 0.2) is 54.6 Å². The van der Waals surface area contributed by atoms with E-state index in [1.54, 1.807) is 0 Å². The maximum Gasteiger partial charge on any atom is 0.278 e. The molecule has 1 aliphatic heterocycles. The van der Waals surface area contributed by atoms with Crippen LogP contribution in [-0.4, -0.2) is 17.5 Å². The number of carbonyl (C=O) groups excluding carboxylic acids is 1. The van der Waals surface area contributed by atoms with Gasteiger partial charge in [0.2, 0.25) is 0 Å². The van der Waals surface area contributed by atoms with Crippen LogP contribution in [0.4, 0.5) is 0 Å². The van der Waals surface area contributed by atoms with E-state index in [1.807, 2.05) is 36.4 Å². The van der Waals surface area contributed by atoms with Crippen molar-refractivity contribution in [1.82, 2.24) is 5.06 Å². The van der Waals surface area contributed by atoms with Gasteiger partial charge in [-0.15, -0.1) is 0 Å². The number of aryl methyl sites for hydroxylation is 1. The van der Waals surface area contributed by atoms with E-state index in [-0.39, 0.29) is 5.91 Å². The molecule has 0 aromatic heterocycles. The molecule has 0 saturated carbocycles. The standard InChI is InChI=1S/C18H17NO2/c1-14-8-10-15(11-9-14)5-4-12-19-18(20)17-7-3-2-6-16(17)13-21-19/h2-11H,12-13H2,1H3/b5-4+. The van der Waals surface area contributed by atoms with Gasteiger partial charge >= 0.3 is 0 Å². The Morgan fingerprint density at radius 3 is 2.71 bits per heavy atom. The Morgan fingerprint density at radius 1 is 1.14 bits per heavy atom. The fourth-order valence-electron chi connectivity index (χ4n) is 2.29. The molecular formula is C18H17NO2. The first-order valence-corrected chi connectivity index (χ1v) is 7.00. The monoisotopic (exact) mass is 279 g/mol. The van der Waals surface area contributed by atoms with Gasteiger partial charge in [0.05, 0.1) is 6.54 Å². The number of benzene rings is 2. The van der Waals surface area contributed by atoms with E-state index >= 15 is 0 Å². The van der Waals surface area contributed by atoms with Gasteiger partial charge in [0.25, 0.3) is 5.91 Å². The number of hydroxylamine groups is 2. The molecule has 106 valence electrons. The molecule has 2 aromatic carbocycles. The van der Waals surface area contributed by atoms with Crippen LogP contribution in [0.2, 0.25) is 0 Å². The van der Waals surface area contributed by atoms with Gasteiger partial charge in [-0.25, -0.2) is 5.06 Å². The summed E-state index contributed by atoms with van der Waals surface area (Å²) < 4.78 is 0. The van der Waals surface area contributed by atoms with E-state index in [0.29, 0.717) is 13.2 Å². The van der Waals surface area contributed by atoms with Crippen molar-refractivity contribution < 1.29 is 9.63 Å². The second kappa shape index (κ2) is 5.94. The third-order valence-electron chi connectivity index (χ3n) is 3.51. The van der Waals surface area contributed by atoms with E-state index < -0.39 is 0 Å². The Balaban J connectivity index is 1.67. The topological polar surface area (TPSA) is 29.5 Å². The predicted molar refractivity (Wildman–Crippen MR) is 82.5 cm³/mol. The minimum atomic E-state index is -0.0783. The number of hydrogen-bond acceptors (Lipinski definition) is 2. The third kappa shape index (κ3) is 3.03. The molecule has 3 heteroatoms. The molecule has 1 heterocycles.